The number of amides is 1. The fourth-order valence-corrected chi connectivity index (χ4v) is 3.41. The SMILES string of the molecule is Cc1ccc(Cn2ccnc2CN(Cc2ccco2)C(=O)C2CCC2)cc1. The van der Waals surface area contributed by atoms with Gasteiger partial charge in [-0.15, -0.1) is 0 Å². The lowest BCUT2D eigenvalue weighted by atomic mass is 9.84. The second kappa shape index (κ2) is 7.82. The Bertz CT molecular complexity index is 877. The normalized spacial score (nSPS) is 14.1. The number of hydrogen-bond donors (Lipinski definition) is 0. The van der Waals surface area contributed by atoms with Crippen LogP contribution >= 0.6 is 0 Å². The Morgan fingerprint density at radius 2 is 2.04 bits per heavy atom. The monoisotopic (exact) mass is 363 g/mol. The first-order chi connectivity index (χ1) is 13.2. The van der Waals surface area contributed by atoms with Gasteiger partial charge in [0.05, 0.1) is 19.4 Å². The second-order valence-corrected chi connectivity index (χ2v) is 7.36. The average molecular weight is 363 g/mol. The lowest BCUT2D eigenvalue weighted by Crippen LogP contribution is -2.38. The maximum absolute atomic E-state index is 12.9. The maximum Gasteiger partial charge on any atom is 0.226 e. The molecule has 1 saturated carbocycles. The summed E-state index contributed by atoms with van der Waals surface area (Å²) in [5.41, 5.74) is 2.48. The molecular formula is C22H25N3O2. The number of benzene rings is 1. The summed E-state index contributed by atoms with van der Waals surface area (Å²) in [6.07, 6.45) is 8.57. The largest absolute Gasteiger partial charge is 0.467 e. The quantitative estimate of drug-likeness (QED) is 0.633. The van der Waals surface area contributed by atoms with Gasteiger partial charge in [0.2, 0.25) is 5.91 Å². The third-order valence-corrected chi connectivity index (χ3v) is 5.30. The first kappa shape index (κ1) is 17.6. The van der Waals surface area contributed by atoms with Crippen LogP contribution in [0.5, 0.6) is 0 Å². The van der Waals surface area contributed by atoms with Gasteiger partial charge >= 0.3 is 0 Å². The first-order valence-corrected chi connectivity index (χ1v) is 9.56. The molecule has 1 amide bonds. The van der Waals surface area contributed by atoms with Crippen molar-refractivity contribution in [3.8, 4) is 0 Å². The molecule has 140 valence electrons. The van der Waals surface area contributed by atoms with Crippen molar-refractivity contribution >= 4 is 5.91 Å². The van der Waals surface area contributed by atoms with E-state index in [2.05, 4.69) is 40.7 Å². The summed E-state index contributed by atoms with van der Waals surface area (Å²) in [5, 5.41) is 0. The van der Waals surface area contributed by atoms with Crippen LogP contribution in [0.1, 0.15) is 42.0 Å². The molecule has 0 aliphatic heterocycles. The van der Waals surface area contributed by atoms with E-state index in [1.54, 1.807) is 6.26 Å². The molecule has 0 atom stereocenters. The predicted octanol–water partition coefficient (Wildman–Crippen LogP) is 4.16. The van der Waals surface area contributed by atoms with E-state index in [9.17, 15) is 4.79 Å². The van der Waals surface area contributed by atoms with Gasteiger partial charge in [0.25, 0.3) is 0 Å². The molecular weight excluding hydrogens is 338 g/mol. The van der Waals surface area contributed by atoms with Crippen molar-refractivity contribution in [2.24, 2.45) is 5.92 Å². The average Bonchev–Trinajstić information content (AvgIpc) is 3.27. The molecule has 0 N–H and O–H groups in total. The molecule has 27 heavy (non-hydrogen) atoms. The molecule has 0 saturated heterocycles. The Morgan fingerprint density at radius 3 is 2.70 bits per heavy atom. The van der Waals surface area contributed by atoms with Crippen molar-refractivity contribution in [1.29, 1.82) is 0 Å². The van der Waals surface area contributed by atoms with E-state index in [4.69, 9.17) is 4.42 Å². The lowest BCUT2D eigenvalue weighted by Gasteiger charge is -2.31. The summed E-state index contributed by atoms with van der Waals surface area (Å²) in [5.74, 6) is 2.07. The highest BCUT2D eigenvalue weighted by atomic mass is 16.3. The minimum atomic E-state index is 0.153. The fraction of sp³-hybridized carbons (Fsp3) is 0.364. The second-order valence-electron chi connectivity index (χ2n) is 7.36. The number of carbonyl (C=O) groups excluding carboxylic acids is 1. The van der Waals surface area contributed by atoms with E-state index in [0.717, 1.165) is 37.4 Å². The summed E-state index contributed by atoms with van der Waals surface area (Å²) < 4.78 is 7.60. The van der Waals surface area contributed by atoms with Crippen LogP contribution in [0.25, 0.3) is 0 Å². The summed E-state index contributed by atoms with van der Waals surface area (Å²) in [7, 11) is 0. The highest BCUT2D eigenvalue weighted by molar-refractivity contribution is 5.79. The minimum absolute atomic E-state index is 0.153. The number of carbonyl (C=O) groups is 1. The van der Waals surface area contributed by atoms with Gasteiger partial charge in [-0.25, -0.2) is 4.98 Å². The molecule has 4 rings (SSSR count). The van der Waals surface area contributed by atoms with Gasteiger partial charge in [0.15, 0.2) is 0 Å². The molecule has 0 spiro atoms. The van der Waals surface area contributed by atoms with Crippen molar-refractivity contribution in [2.45, 2.75) is 45.8 Å². The van der Waals surface area contributed by atoms with Gasteiger partial charge in [-0.05, 0) is 37.5 Å². The van der Waals surface area contributed by atoms with Gasteiger partial charge in [0.1, 0.15) is 11.6 Å². The number of hydrogen-bond acceptors (Lipinski definition) is 3. The van der Waals surface area contributed by atoms with Crippen LogP contribution in [-0.4, -0.2) is 20.4 Å². The number of furan rings is 1. The fourth-order valence-electron chi connectivity index (χ4n) is 3.41. The van der Waals surface area contributed by atoms with E-state index < -0.39 is 0 Å². The number of rotatable bonds is 7. The zero-order valence-corrected chi connectivity index (χ0v) is 15.7. The topological polar surface area (TPSA) is 51.3 Å². The van der Waals surface area contributed by atoms with Crippen LogP contribution in [0, 0.1) is 12.8 Å². The molecule has 1 aliphatic rings. The van der Waals surface area contributed by atoms with Crippen molar-refractivity contribution in [3.05, 3.63) is 77.8 Å². The number of aromatic nitrogens is 2. The summed E-state index contributed by atoms with van der Waals surface area (Å²) in [4.78, 5) is 19.3. The van der Waals surface area contributed by atoms with Crippen molar-refractivity contribution in [2.75, 3.05) is 0 Å². The van der Waals surface area contributed by atoms with E-state index >= 15 is 0 Å². The third kappa shape index (κ3) is 4.13. The van der Waals surface area contributed by atoms with Crippen LogP contribution in [0.4, 0.5) is 0 Å². The molecule has 3 aromatic rings. The van der Waals surface area contributed by atoms with Crippen LogP contribution in [0.3, 0.4) is 0 Å². The first-order valence-electron chi connectivity index (χ1n) is 9.56. The van der Waals surface area contributed by atoms with Crippen molar-refractivity contribution < 1.29 is 9.21 Å². The third-order valence-electron chi connectivity index (χ3n) is 5.30. The Hall–Kier alpha value is -2.82. The lowest BCUT2D eigenvalue weighted by molar-refractivity contribution is -0.139. The summed E-state index contributed by atoms with van der Waals surface area (Å²) >= 11 is 0. The van der Waals surface area contributed by atoms with Crippen molar-refractivity contribution in [1.82, 2.24) is 14.5 Å². The molecule has 2 heterocycles. The number of imidazole rings is 1. The van der Waals surface area contributed by atoms with Crippen LogP contribution in [0.15, 0.2) is 59.5 Å². The van der Waals surface area contributed by atoms with E-state index in [0.29, 0.717) is 13.1 Å². The zero-order chi connectivity index (χ0) is 18.6. The Morgan fingerprint density at radius 1 is 1.22 bits per heavy atom. The van der Waals surface area contributed by atoms with Gasteiger partial charge in [0, 0.05) is 24.9 Å². The Labute approximate surface area is 159 Å². The van der Waals surface area contributed by atoms with Crippen LogP contribution in [0.2, 0.25) is 0 Å². The molecule has 1 aromatic carbocycles. The number of aryl methyl sites for hydroxylation is 1. The minimum Gasteiger partial charge on any atom is -0.467 e. The molecule has 5 nitrogen and oxygen atoms in total. The molecule has 0 radical (unpaired) electrons. The van der Waals surface area contributed by atoms with Crippen molar-refractivity contribution in [3.63, 3.8) is 0 Å². The van der Waals surface area contributed by atoms with E-state index in [-0.39, 0.29) is 11.8 Å². The molecule has 1 aliphatic carbocycles. The van der Waals surface area contributed by atoms with Crippen LogP contribution in [-0.2, 0) is 24.4 Å². The molecule has 2 aromatic heterocycles. The smallest absolute Gasteiger partial charge is 0.226 e. The molecule has 0 bridgehead atoms. The summed E-state index contributed by atoms with van der Waals surface area (Å²) in [6, 6.07) is 12.3. The standard InChI is InChI=1S/C22H25N3O2/c1-17-7-9-18(10-8-17)14-24-12-11-23-21(24)16-25(15-20-6-3-13-27-20)22(26)19-4-2-5-19/h3,6-13,19H,2,4-5,14-16H2,1H3. The van der Waals surface area contributed by atoms with Gasteiger partial charge in [-0.2, -0.15) is 0 Å². The van der Waals surface area contributed by atoms with Crippen LogP contribution < -0.4 is 0 Å². The van der Waals surface area contributed by atoms with E-state index in [1.807, 2.05) is 29.4 Å². The Kier molecular flexibility index (Phi) is 5.10. The highest BCUT2D eigenvalue weighted by Gasteiger charge is 2.30. The zero-order valence-electron chi connectivity index (χ0n) is 15.7. The maximum atomic E-state index is 12.9. The van der Waals surface area contributed by atoms with Gasteiger partial charge in [-0.1, -0.05) is 36.2 Å². The number of nitrogens with zero attached hydrogens (tertiary/aromatic N) is 3. The summed E-state index contributed by atoms with van der Waals surface area (Å²) in [6.45, 7) is 3.82. The van der Waals surface area contributed by atoms with Gasteiger partial charge < -0.3 is 13.9 Å². The molecule has 0 unspecified atom stereocenters. The Balaban J connectivity index is 1.51. The highest BCUT2D eigenvalue weighted by Crippen LogP contribution is 2.29. The molecule has 1 fully saturated rings. The van der Waals surface area contributed by atoms with Gasteiger partial charge in [-0.3, -0.25) is 4.79 Å². The molecule has 5 heteroatoms. The van der Waals surface area contributed by atoms with E-state index in [1.165, 1.54) is 11.1 Å². The predicted molar refractivity (Wildman–Crippen MR) is 103 cm³/mol.